The molecule has 0 aliphatic heterocycles. The molecule has 4 nitrogen and oxygen atoms in total. The predicted molar refractivity (Wildman–Crippen MR) is 87.4 cm³/mol. The van der Waals surface area contributed by atoms with Crippen molar-refractivity contribution < 1.29 is 0 Å². The van der Waals surface area contributed by atoms with Crippen LogP contribution in [0.1, 0.15) is 5.82 Å². The van der Waals surface area contributed by atoms with Crippen molar-refractivity contribution in [2.75, 3.05) is 0 Å². The Balaban J connectivity index is 2.22. The summed E-state index contributed by atoms with van der Waals surface area (Å²) in [7, 11) is 0. The summed E-state index contributed by atoms with van der Waals surface area (Å²) in [6.45, 7) is 0.309. The van der Waals surface area contributed by atoms with Crippen molar-refractivity contribution >= 4 is 27.5 Å². The van der Waals surface area contributed by atoms with Gasteiger partial charge in [-0.25, -0.2) is 0 Å². The molecule has 106 valence electrons. The van der Waals surface area contributed by atoms with Crippen molar-refractivity contribution in [3.8, 4) is 17.1 Å². The van der Waals surface area contributed by atoms with Crippen molar-refractivity contribution in [2.24, 2.45) is 5.73 Å². The van der Waals surface area contributed by atoms with E-state index < -0.39 is 0 Å². The second-order valence-electron chi connectivity index (χ2n) is 4.47. The summed E-state index contributed by atoms with van der Waals surface area (Å²) < 4.78 is 2.83. The summed E-state index contributed by atoms with van der Waals surface area (Å²) in [4.78, 5) is 0. The topological polar surface area (TPSA) is 56.7 Å². The Labute approximate surface area is 135 Å². The highest BCUT2D eigenvalue weighted by Gasteiger charge is 2.15. The zero-order valence-electron chi connectivity index (χ0n) is 11.0. The quantitative estimate of drug-likeness (QED) is 0.770. The van der Waals surface area contributed by atoms with E-state index in [9.17, 15) is 0 Å². The molecule has 1 heterocycles. The zero-order chi connectivity index (χ0) is 14.8. The maximum absolute atomic E-state index is 6.13. The summed E-state index contributed by atoms with van der Waals surface area (Å²) >= 11 is 9.58. The van der Waals surface area contributed by atoms with E-state index in [4.69, 9.17) is 17.3 Å². The first kappa shape index (κ1) is 14.3. The lowest BCUT2D eigenvalue weighted by molar-refractivity contribution is 0.861. The van der Waals surface area contributed by atoms with Gasteiger partial charge in [-0.2, -0.15) is 0 Å². The van der Waals surface area contributed by atoms with E-state index in [0.717, 1.165) is 15.7 Å². The summed E-state index contributed by atoms with van der Waals surface area (Å²) in [5.74, 6) is 1.41. The first-order valence-electron chi connectivity index (χ1n) is 6.35. The Hall–Kier alpha value is -1.69. The van der Waals surface area contributed by atoms with E-state index in [0.29, 0.717) is 23.2 Å². The summed E-state index contributed by atoms with van der Waals surface area (Å²) in [6, 6.07) is 15.5. The molecule has 0 aliphatic rings. The van der Waals surface area contributed by atoms with Gasteiger partial charge in [-0.1, -0.05) is 45.7 Å². The van der Waals surface area contributed by atoms with Gasteiger partial charge in [0, 0.05) is 20.7 Å². The van der Waals surface area contributed by atoms with Gasteiger partial charge in [0.05, 0.1) is 6.54 Å². The van der Waals surface area contributed by atoms with Crippen molar-refractivity contribution in [2.45, 2.75) is 6.54 Å². The lowest BCUT2D eigenvalue weighted by Gasteiger charge is -2.10. The Morgan fingerprint density at radius 1 is 1.10 bits per heavy atom. The molecule has 2 N–H and O–H groups in total. The van der Waals surface area contributed by atoms with Crippen LogP contribution in [-0.2, 0) is 6.54 Å². The highest BCUT2D eigenvalue weighted by atomic mass is 79.9. The van der Waals surface area contributed by atoms with Gasteiger partial charge in [0.25, 0.3) is 0 Å². The number of benzene rings is 2. The fourth-order valence-electron chi connectivity index (χ4n) is 2.17. The fraction of sp³-hybridized carbons (Fsp3) is 0.0667. The zero-order valence-corrected chi connectivity index (χ0v) is 13.3. The molecule has 0 amide bonds. The van der Waals surface area contributed by atoms with Crippen LogP contribution >= 0.6 is 27.5 Å². The first-order chi connectivity index (χ1) is 10.2. The number of aromatic nitrogens is 3. The fourth-order valence-corrected chi connectivity index (χ4v) is 3.03. The number of nitrogens with zero attached hydrogens (tertiary/aromatic N) is 3. The van der Waals surface area contributed by atoms with Crippen molar-refractivity contribution in [1.82, 2.24) is 14.8 Å². The molecule has 3 aromatic rings. The molecule has 6 heteroatoms. The van der Waals surface area contributed by atoms with Gasteiger partial charge in [-0.15, -0.1) is 10.2 Å². The van der Waals surface area contributed by atoms with Gasteiger partial charge in [-0.05, 0) is 30.3 Å². The number of hydrogen-bond donors (Lipinski definition) is 1. The number of nitrogens with two attached hydrogens (primary N) is 1. The summed E-state index contributed by atoms with van der Waals surface area (Å²) in [5.41, 5.74) is 7.63. The highest BCUT2D eigenvalue weighted by molar-refractivity contribution is 9.10. The molecule has 0 atom stereocenters. The van der Waals surface area contributed by atoms with Crippen LogP contribution < -0.4 is 5.73 Å². The molecular weight excluding hydrogens is 352 g/mol. The van der Waals surface area contributed by atoms with Crippen molar-refractivity contribution in [3.63, 3.8) is 0 Å². The maximum atomic E-state index is 6.13. The second-order valence-corrected chi connectivity index (χ2v) is 5.83. The summed E-state index contributed by atoms with van der Waals surface area (Å²) in [5, 5.41) is 9.08. The number of halogens is 2. The van der Waals surface area contributed by atoms with E-state index in [1.165, 1.54) is 0 Å². The molecule has 0 spiro atoms. The van der Waals surface area contributed by atoms with Gasteiger partial charge < -0.3 is 5.73 Å². The molecule has 0 saturated carbocycles. The average molecular weight is 364 g/mol. The highest BCUT2D eigenvalue weighted by Crippen LogP contribution is 2.28. The number of para-hydroxylation sites is 1. The van der Waals surface area contributed by atoms with Crippen molar-refractivity contribution in [1.29, 1.82) is 0 Å². The van der Waals surface area contributed by atoms with Crippen LogP contribution in [0.2, 0.25) is 5.02 Å². The Morgan fingerprint density at radius 2 is 1.86 bits per heavy atom. The van der Waals surface area contributed by atoms with E-state index in [-0.39, 0.29) is 0 Å². The van der Waals surface area contributed by atoms with Gasteiger partial charge in [-0.3, -0.25) is 4.57 Å². The largest absolute Gasteiger partial charge is 0.324 e. The molecule has 0 radical (unpaired) electrons. The molecule has 21 heavy (non-hydrogen) atoms. The average Bonchev–Trinajstić information content (AvgIpc) is 2.91. The van der Waals surface area contributed by atoms with Crippen LogP contribution in [0.15, 0.2) is 53.0 Å². The third kappa shape index (κ3) is 2.85. The molecule has 0 aliphatic carbocycles. The Bertz CT molecular complexity index is 750. The smallest absolute Gasteiger partial charge is 0.168 e. The van der Waals surface area contributed by atoms with E-state index in [1.807, 2.05) is 53.1 Å². The van der Waals surface area contributed by atoms with Crippen LogP contribution in [0.3, 0.4) is 0 Å². The minimum Gasteiger partial charge on any atom is -0.324 e. The van der Waals surface area contributed by atoms with Crippen LogP contribution in [0.25, 0.3) is 17.1 Å². The SMILES string of the molecule is NCc1nnc(-c2cc(Cl)cc(Br)c2)n1-c1ccccc1. The maximum Gasteiger partial charge on any atom is 0.168 e. The van der Waals surface area contributed by atoms with Crippen LogP contribution in [0.5, 0.6) is 0 Å². The van der Waals surface area contributed by atoms with Gasteiger partial charge in [0.1, 0.15) is 0 Å². The molecule has 0 unspecified atom stereocenters. The van der Waals surface area contributed by atoms with Gasteiger partial charge >= 0.3 is 0 Å². The van der Waals surface area contributed by atoms with Crippen LogP contribution in [0, 0.1) is 0 Å². The third-order valence-electron chi connectivity index (χ3n) is 3.05. The van der Waals surface area contributed by atoms with E-state index in [2.05, 4.69) is 26.1 Å². The monoisotopic (exact) mass is 362 g/mol. The van der Waals surface area contributed by atoms with E-state index >= 15 is 0 Å². The molecule has 1 aromatic heterocycles. The van der Waals surface area contributed by atoms with Gasteiger partial charge in [0.2, 0.25) is 0 Å². The normalized spacial score (nSPS) is 10.8. The van der Waals surface area contributed by atoms with Crippen molar-refractivity contribution in [3.05, 3.63) is 63.9 Å². The van der Waals surface area contributed by atoms with Gasteiger partial charge in [0.15, 0.2) is 11.6 Å². The minimum absolute atomic E-state index is 0.309. The molecule has 0 saturated heterocycles. The molecule has 2 aromatic carbocycles. The molecular formula is C15H12BrClN4. The lowest BCUT2D eigenvalue weighted by atomic mass is 10.2. The van der Waals surface area contributed by atoms with E-state index in [1.54, 1.807) is 0 Å². The predicted octanol–water partition coefficient (Wildman–Crippen LogP) is 3.81. The van der Waals surface area contributed by atoms with Crippen LogP contribution in [-0.4, -0.2) is 14.8 Å². The number of hydrogen-bond acceptors (Lipinski definition) is 3. The Morgan fingerprint density at radius 3 is 2.52 bits per heavy atom. The molecule has 3 rings (SSSR count). The van der Waals surface area contributed by atoms with Crippen LogP contribution in [0.4, 0.5) is 0 Å². The first-order valence-corrected chi connectivity index (χ1v) is 7.52. The standard InChI is InChI=1S/C15H12BrClN4/c16-11-6-10(7-12(17)8-11)15-20-19-14(9-18)21(15)13-4-2-1-3-5-13/h1-8H,9,18H2. The molecule has 0 fully saturated rings. The third-order valence-corrected chi connectivity index (χ3v) is 3.72. The number of rotatable bonds is 3. The lowest BCUT2D eigenvalue weighted by Crippen LogP contribution is -2.07. The summed E-state index contributed by atoms with van der Waals surface area (Å²) in [6.07, 6.45) is 0. The molecule has 0 bridgehead atoms. The second kappa shape index (κ2) is 5.97. The Kier molecular flexibility index (Phi) is 4.05. The minimum atomic E-state index is 0.309.